The van der Waals surface area contributed by atoms with Gasteiger partial charge >= 0.3 is 6.09 Å². The molecule has 3 unspecified atom stereocenters. The summed E-state index contributed by atoms with van der Waals surface area (Å²) in [6, 6.07) is 9.26. The van der Waals surface area contributed by atoms with Crippen molar-refractivity contribution in [1.82, 2.24) is 9.80 Å². The molecule has 3 fully saturated rings. The van der Waals surface area contributed by atoms with E-state index in [-0.39, 0.29) is 12.1 Å². The molecule has 0 spiro atoms. The van der Waals surface area contributed by atoms with E-state index in [2.05, 4.69) is 29.2 Å². The Bertz CT molecular complexity index is 693. The van der Waals surface area contributed by atoms with Gasteiger partial charge in [0, 0.05) is 25.7 Å². The van der Waals surface area contributed by atoms with Crippen LogP contribution in [-0.4, -0.2) is 59.8 Å². The van der Waals surface area contributed by atoms with Crippen molar-refractivity contribution >= 4 is 6.09 Å². The number of benzene rings is 1. The van der Waals surface area contributed by atoms with Crippen LogP contribution in [-0.2, 0) is 11.2 Å². The van der Waals surface area contributed by atoms with Gasteiger partial charge in [-0.05, 0) is 82.9 Å². The van der Waals surface area contributed by atoms with Crippen LogP contribution < -0.4 is 4.74 Å². The molecule has 3 atom stereocenters. The number of carbonyl (C=O) groups excluding carboxylic acids is 1. The van der Waals surface area contributed by atoms with Crippen LogP contribution in [0.25, 0.3) is 0 Å². The second kappa shape index (κ2) is 8.55. The molecule has 2 saturated heterocycles. The van der Waals surface area contributed by atoms with Crippen molar-refractivity contribution in [3.05, 3.63) is 29.8 Å². The van der Waals surface area contributed by atoms with E-state index < -0.39 is 5.60 Å². The lowest BCUT2D eigenvalue weighted by Crippen LogP contribution is -2.47. The quantitative estimate of drug-likeness (QED) is 0.633. The first-order chi connectivity index (χ1) is 13.9. The number of nitrogens with zero attached hydrogens (tertiary/aromatic N) is 2. The molecule has 0 N–H and O–H groups in total. The van der Waals surface area contributed by atoms with Gasteiger partial charge in [-0.2, -0.15) is 0 Å². The van der Waals surface area contributed by atoms with E-state index in [1.165, 1.54) is 37.9 Å². The van der Waals surface area contributed by atoms with Gasteiger partial charge < -0.3 is 14.4 Å². The van der Waals surface area contributed by atoms with Gasteiger partial charge in [0.05, 0.1) is 6.04 Å². The van der Waals surface area contributed by atoms with E-state index in [9.17, 15) is 4.79 Å². The molecule has 5 nitrogen and oxygen atoms in total. The fourth-order valence-electron chi connectivity index (χ4n) is 4.20. The molecule has 1 aliphatic carbocycles. The Kier molecular flexibility index (Phi) is 6.05. The van der Waals surface area contributed by atoms with Gasteiger partial charge in [-0.15, -0.1) is 0 Å². The number of rotatable bonds is 7. The molecule has 1 saturated carbocycles. The van der Waals surface area contributed by atoms with Crippen LogP contribution in [0.3, 0.4) is 0 Å². The predicted molar refractivity (Wildman–Crippen MR) is 114 cm³/mol. The van der Waals surface area contributed by atoms with Crippen LogP contribution >= 0.6 is 0 Å². The lowest BCUT2D eigenvalue weighted by Gasteiger charge is -2.37. The van der Waals surface area contributed by atoms with Crippen LogP contribution in [0.1, 0.15) is 58.4 Å². The zero-order valence-corrected chi connectivity index (χ0v) is 18.2. The van der Waals surface area contributed by atoms with Gasteiger partial charge in [0.1, 0.15) is 18.0 Å². The minimum absolute atomic E-state index is 0.178. The van der Waals surface area contributed by atoms with E-state index in [1.807, 2.05) is 25.7 Å². The highest BCUT2D eigenvalue weighted by molar-refractivity contribution is 5.68. The van der Waals surface area contributed by atoms with E-state index in [4.69, 9.17) is 9.47 Å². The summed E-state index contributed by atoms with van der Waals surface area (Å²) in [5.41, 5.74) is 0.799. The first kappa shape index (κ1) is 20.5. The summed E-state index contributed by atoms with van der Waals surface area (Å²) in [7, 11) is 0. The molecular weight excluding hydrogens is 364 g/mol. The molecule has 4 rings (SSSR count). The number of hydrogen-bond acceptors (Lipinski definition) is 4. The average molecular weight is 401 g/mol. The summed E-state index contributed by atoms with van der Waals surface area (Å²) in [6.45, 7) is 9.82. The Balaban J connectivity index is 1.26. The molecule has 0 radical (unpaired) electrons. The van der Waals surface area contributed by atoms with Crippen molar-refractivity contribution in [3.63, 3.8) is 0 Å². The largest absolute Gasteiger partial charge is 0.492 e. The van der Waals surface area contributed by atoms with Gasteiger partial charge in [-0.1, -0.05) is 12.1 Å². The van der Waals surface area contributed by atoms with E-state index in [0.29, 0.717) is 6.04 Å². The number of carbonyl (C=O) groups is 1. The second-order valence-corrected chi connectivity index (χ2v) is 10.0. The number of hydrogen-bond donors (Lipinski definition) is 0. The van der Waals surface area contributed by atoms with Crippen LogP contribution in [0, 0.1) is 5.92 Å². The van der Waals surface area contributed by atoms with Crippen molar-refractivity contribution < 1.29 is 14.3 Å². The van der Waals surface area contributed by atoms with Gasteiger partial charge in [0.15, 0.2) is 0 Å². The smallest absolute Gasteiger partial charge is 0.410 e. The van der Waals surface area contributed by atoms with Crippen molar-refractivity contribution in [3.8, 4) is 5.75 Å². The molecule has 29 heavy (non-hydrogen) atoms. The van der Waals surface area contributed by atoms with Crippen LogP contribution in [0.2, 0.25) is 0 Å². The van der Waals surface area contributed by atoms with Crippen molar-refractivity contribution in [2.45, 2.75) is 77.0 Å². The van der Waals surface area contributed by atoms with Crippen LogP contribution in [0.5, 0.6) is 5.75 Å². The molecular formula is C24H36N2O3. The number of amides is 1. The van der Waals surface area contributed by atoms with Gasteiger partial charge in [0.2, 0.25) is 0 Å². The molecule has 5 heteroatoms. The lowest BCUT2D eigenvalue weighted by atomic mass is 9.96. The molecule has 1 aromatic rings. The molecule has 1 amide bonds. The van der Waals surface area contributed by atoms with Crippen LogP contribution in [0.4, 0.5) is 4.79 Å². The maximum absolute atomic E-state index is 12.6. The SMILES string of the molecule is CC(C)(C)OC(=O)N1CCCCC1Cc1ccc(OCC2CN2CC2CC2)cc1. The summed E-state index contributed by atoms with van der Waals surface area (Å²) >= 11 is 0. The average Bonchev–Trinajstić information content (AvgIpc) is 3.59. The highest BCUT2D eigenvalue weighted by atomic mass is 16.6. The Morgan fingerprint density at radius 1 is 1.07 bits per heavy atom. The molecule has 0 bridgehead atoms. The second-order valence-electron chi connectivity index (χ2n) is 10.0. The molecule has 1 aromatic carbocycles. The maximum atomic E-state index is 12.6. The number of piperidine rings is 1. The van der Waals surface area contributed by atoms with Gasteiger partial charge in [0.25, 0.3) is 0 Å². The summed E-state index contributed by atoms with van der Waals surface area (Å²) in [4.78, 5) is 17.1. The maximum Gasteiger partial charge on any atom is 0.410 e. The zero-order chi connectivity index (χ0) is 20.4. The summed E-state index contributed by atoms with van der Waals surface area (Å²) in [5.74, 6) is 1.90. The molecule has 2 heterocycles. The minimum atomic E-state index is -0.451. The Morgan fingerprint density at radius 2 is 1.83 bits per heavy atom. The summed E-state index contributed by atoms with van der Waals surface area (Å²) in [6.07, 6.45) is 6.79. The molecule has 2 aliphatic heterocycles. The summed E-state index contributed by atoms with van der Waals surface area (Å²) < 4.78 is 11.6. The lowest BCUT2D eigenvalue weighted by molar-refractivity contribution is 0.00994. The molecule has 160 valence electrons. The van der Waals surface area contributed by atoms with E-state index in [0.717, 1.165) is 44.1 Å². The first-order valence-corrected chi connectivity index (χ1v) is 11.3. The third-order valence-electron chi connectivity index (χ3n) is 6.11. The third-order valence-corrected chi connectivity index (χ3v) is 6.11. The van der Waals surface area contributed by atoms with Crippen molar-refractivity contribution in [2.24, 2.45) is 5.92 Å². The third kappa shape index (κ3) is 6.11. The van der Waals surface area contributed by atoms with Gasteiger partial charge in [-0.3, -0.25) is 4.90 Å². The van der Waals surface area contributed by atoms with Gasteiger partial charge in [-0.25, -0.2) is 4.79 Å². The fraction of sp³-hybridized carbons (Fsp3) is 0.708. The van der Waals surface area contributed by atoms with Crippen LogP contribution in [0.15, 0.2) is 24.3 Å². The normalized spacial score (nSPS) is 26.9. The number of likely N-dealkylation sites (tertiary alicyclic amines) is 1. The molecule has 0 aromatic heterocycles. The monoisotopic (exact) mass is 400 g/mol. The number of ether oxygens (including phenoxy) is 2. The summed E-state index contributed by atoms with van der Waals surface area (Å²) in [5, 5.41) is 0. The van der Waals surface area contributed by atoms with Crippen molar-refractivity contribution in [1.29, 1.82) is 0 Å². The Labute approximate surface area is 175 Å². The minimum Gasteiger partial charge on any atom is -0.492 e. The van der Waals surface area contributed by atoms with Crippen molar-refractivity contribution in [2.75, 3.05) is 26.2 Å². The van der Waals surface area contributed by atoms with E-state index in [1.54, 1.807) is 0 Å². The Hall–Kier alpha value is -1.75. The first-order valence-electron chi connectivity index (χ1n) is 11.3. The highest BCUT2D eigenvalue weighted by Gasteiger charge is 2.38. The predicted octanol–water partition coefficient (Wildman–Crippen LogP) is 4.49. The standard InChI is InChI=1S/C24H36N2O3/c1-24(2,3)29-23(27)26-13-5-4-6-20(26)14-18-9-11-22(12-10-18)28-17-21-16-25(21)15-19-7-8-19/h9-12,19-21H,4-8,13-17H2,1-3H3. The highest BCUT2D eigenvalue weighted by Crippen LogP contribution is 2.33. The molecule has 3 aliphatic rings. The zero-order valence-electron chi connectivity index (χ0n) is 18.2. The topological polar surface area (TPSA) is 41.8 Å². The van der Waals surface area contributed by atoms with E-state index >= 15 is 0 Å². The fourth-order valence-corrected chi connectivity index (χ4v) is 4.20. The Morgan fingerprint density at radius 3 is 2.52 bits per heavy atom.